The molecule has 0 fully saturated rings. The molecule has 0 unspecified atom stereocenters. The van der Waals surface area contributed by atoms with Gasteiger partial charge in [-0.3, -0.25) is 15.3 Å². The molecule has 128 valence electrons. The maximum absolute atomic E-state index is 12.7. The van der Waals surface area contributed by atoms with Crippen LogP contribution in [0.15, 0.2) is 52.4 Å². The summed E-state index contributed by atoms with van der Waals surface area (Å²) in [4.78, 5) is 12.7. The minimum atomic E-state index is -0.116. The first kappa shape index (κ1) is 16.8. The Morgan fingerprint density at radius 3 is 2.40 bits per heavy atom. The van der Waals surface area contributed by atoms with Crippen molar-refractivity contribution >= 4 is 11.9 Å². The lowest BCUT2D eigenvalue weighted by atomic mass is 10.1. The Hall–Kier alpha value is -3.08. The first-order valence-corrected chi connectivity index (χ1v) is 8.20. The highest BCUT2D eigenvalue weighted by atomic mass is 16.1. The van der Waals surface area contributed by atoms with Crippen molar-refractivity contribution in [2.45, 2.75) is 27.7 Å². The van der Waals surface area contributed by atoms with E-state index in [1.165, 1.54) is 11.1 Å². The number of aromatic nitrogens is 2. The van der Waals surface area contributed by atoms with Crippen LogP contribution in [0.4, 0.5) is 5.69 Å². The van der Waals surface area contributed by atoms with Crippen LogP contribution in [0.2, 0.25) is 0 Å². The van der Waals surface area contributed by atoms with E-state index in [1.54, 1.807) is 10.9 Å². The van der Waals surface area contributed by atoms with Crippen molar-refractivity contribution in [3.05, 3.63) is 80.8 Å². The van der Waals surface area contributed by atoms with Crippen molar-refractivity contribution in [1.82, 2.24) is 9.78 Å². The number of nitrogens with zero attached hydrogens (tertiary/aromatic N) is 2. The molecule has 25 heavy (non-hydrogen) atoms. The zero-order valence-electron chi connectivity index (χ0n) is 14.9. The summed E-state index contributed by atoms with van der Waals surface area (Å²) in [5.41, 5.74) is 9.38. The Bertz CT molecular complexity index is 978. The number of rotatable bonds is 4. The molecular formula is C20H22N4O. The zero-order valence-corrected chi connectivity index (χ0v) is 14.9. The summed E-state index contributed by atoms with van der Waals surface area (Å²) in [6, 6.07) is 13.9. The highest BCUT2D eigenvalue weighted by molar-refractivity contribution is 5.81. The summed E-state index contributed by atoms with van der Waals surface area (Å²) in [6.07, 6.45) is 1.56. The molecule has 0 atom stereocenters. The second-order valence-corrected chi connectivity index (χ2v) is 6.30. The molecule has 0 aliphatic heterocycles. The maximum Gasteiger partial charge on any atom is 0.280 e. The summed E-state index contributed by atoms with van der Waals surface area (Å²) in [5, 5.41) is 7.31. The van der Waals surface area contributed by atoms with Crippen LogP contribution < -0.4 is 11.0 Å². The highest BCUT2D eigenvalue weighted by Gasteiger charge is 2.11. The van der Waals surface area contributed by atoms with Gasteiger partial charge in [-0.2, -0.15) is 5.10 Å². The van der Waals surface area contributed by atoms with Gasteiger partial charge in [0.1, 0.15) is 0 Å². The average molecular weight is 334 g/mol. The van der Waals surface area contributed by atoms with Crippen LogP contribution >= 0.6 is 0 Å². The second-order valence-electron chi connectivity index (χ2n) is 6.30. The fraction of sp³-hybridized carbons (Fsp3) is 0.200. The minimum absolute atomic E-state index is 0.116. The fourth-order valence-corrected chi connectivity index (χ4v) is 2.56. The van der Waals surface area contributed by atoms with E-state index in [0.29, 0.717) is 5.56 Å². The molecule has 0 aliphatic rings. The molecule has 0 saturated carbocycles. The highest BCUT2D eigenvalue weighted by Crippen LogP contribution is 2.13. The van der Waals surface area contributed by atoms with Crippen molar-refractivity contribution in [2.24, 2.45) is 5.10 Å². The predicted octanol–water partition coefficient (Wildman–Crippen LogP) is 3.85. The van der Waals surface area contributed by atoms with Crippen molar-refractivity contribution < 1.29 is 0 Å². The van der Waals surface area contributed by atoms with Gasteiger partial charge in [0.25, 0.3) is 5.56 Å². The van der Waals surface area contributed by atoms with Crippen LogP contribution in [0.3, 0.4) is 0 Å². The average Bonchev–Trinajstić information content (AvgIpc) is 2.87. The molecule has 2 aromatic carbocycles. The van der Waals surface area contributed by atoms with Gasteiger partial charge in [0.15, 0.2) is 0 Å². The molecule has 0 radical (unpaired) electrons. The van der Waals surface area contributed by atoms with Gasteiger partial charge in [-0.05, 0) is 63.1 Å². The summed E-state index contributed by atoms with van der Waals surface area (Å²) in [7, 11) is 0. The lowest BCUT2D eigenvalue weighted by Crippen LogP contribution is -2.17. The van der Waals surface area contributed by atoms with E-state index in [-0.39, 0.29) is 5.56 Å². The Labute approximate surface area is 147 Å². The molecule has 2 N–H and O–H groups in total. The number of anilines is 1. The molecule has 3 rings (SSSR count). The molecule has 1 aromatic heterocycles. The predicted molar refractivity (Wildman–Crippen MR) is 103 cm³/mol. The van der Waals surface area contributed by atoms with Gasteiger partial charge in [-0.15, -0.1) is 0 Å². The molecule has 0 spiro atoms. The lowest BCUT2D eigenvalue weighted by molar-refractivity contribution is 0.833. The molecule has 3 aromatic rings. The topological polar surface area (TPSA) is 62.2 Å². The molecule has 5 heteroatoms. The molecule has 5 nitrogen and oxygen atoms in total. The van der Waals surface area contributed by atoms with Crippen molar-refractivity contribution in [2.75, 3.05) is 5.43 Å². The van der Waals surface area contributed by atoms with E-state index in [9.17, 15) is 4.79 Å². The van der Waals surface area contributed by atoms with Gasteiger partial charge < -0.3 is 0 Å². The van der Waals surface area contributed by atoms with Gasteiger partial charge in [0, 0.05) is 5.69 Å². The zero-order chi connectivity index (χ0) is 18.0. The molecule has 0 aliphatic carbocycles. The summed E-state index contributed by atoms with van der Waals surface area (Å²) >= 11 is 0. The third-order valence-electron chi connectivity index (χ3n) is 4.30. The van der Waals surface area contributed by atoms with Crippen LogP contribution in [0.25, 0.3) is 5.69 Å². The third kappa shape index (κ3) is 3.55. The molecule has 0 amide bonds. The van der Waals surface area contributed by atoms with Crippen LogP contribution in [-0.2, 0) is 0 Å². The summed E-state index contributed by atoms with van der Waals surface area (Å²) < 4.78 is 1.55. The SMILES string of the molecule is Cc1ccc(NN=Cc2c(C)[nH]n(-c3ccc(C)c(C)c3)c2=O)cc1. The smallest absolute Gasteiger partial charge is 0.280 e. The van der Waals surface area contributed by atoms with Crippen LogP contribution in [0.1, 0.15) is 27.9 Å². The van der Waals surface area contributed by atoms with Gasteiger partial charge in [0.2, 0.25) is 0 Å². The quantitative estimate of drug-likeness (QED) is 0.562. The molecular weight excluding hydrogens is 312 g/mol. The standard InChI is InChI=1S/C20H22N4O/c1-13-5-8-17(9-6-13)22-21-12-19-16(4)23-24(20(19)25)18-10-7-14(2)15(3)11-18/h5-12,22-23H,1-4H3. The fourth-order valence-electron chi connectivity index (χ4n) is 2.56. The van der Waals surface area contributed by atoms with Crippen molar-refractivity contribution in [3.8, 4) is 5.69 Å². The molecule has 1 heterocycles. The van der Waals surface area contributed by atoms with E-state index >= 15 is 0 Å². The Balaban J connectivity index is 1.86. The number of nitrogens with one attached hydrogen (secondary N) is 2. The Kier molecular flexibility index (Phi) is 4.57. The van der Waals surface area contributed by atoms with Crippen LogP contribution in [-0.4, -0.2) is 16.0 Å². The van der Waals surface area contributed by atoms with Crippen LogP contribution in [0.5, 0.6) is 0 Å². The van der Waals surface area contributed by atoms with Gasteiger partial charge >= 0.3 is 0 Å². The number of benzene rings is 2. The van der Waals surface area contributed by atoms with Crippen LogP contribution in [0, 0.1) is 27.7 Å². The first-order chi connectivity index (χ1) is 12.0. The van der Waals surface area contributed by atoms with Gasteiger partial charge in [-0.1, -0.05) is 23.8 Å². The molecule has 0 saturated heterocycles. The lowest BCUT2D eigenvalue weighted by Gasteiger charge is -2.05. The summed E-state index contributed by atoms with van der Waals surface area (Å²) in [6.45, 7) is 7.99. The Morgan fingerprint density at radius 2 is 1.72 bits per heavy atom. The van der Waals surface area contributed by atoms with E-state index in [2.05, 4.69) is 22.5 Å². The van der Waals surface area contributed by atoms with E-state index < -0.39 is 0 Å². The Morgan fingerprint density at radius 1 is 1.00 bits per heavy atom. The second kappa shape index (κ2) is 6.81. The normalized spacial score (nSPS) is 11.2. The van der Waals surface area contributed by atoms with E-state index in [0.717, 1.165) is 22.6 Å². The number of aryl methyl sites for hydroxylation is 4. The number of hydrazone groups is 1. The third-order valence-corrected chi connectivity index (χ3v) is 4.30. The monoisotopic (exact) mass is 334 g/mol. The van der Waals surface area contributed by atoms with E-state index in [4.69, 9.17) is 0 Å². The van der Waals surface area contributed by atoms with Crippen molar-refractivity contribution in [1.29, 1.82) is 0 Å². The number of H-pyrrole nitrogens is 1. The number of aromatic amines is 1. The minimum Gasteiger partial charge on any atom is -0.295 e. The largest absolute Gasteiger partial charge is 0.295 e. The number of hydrogen-bond donors (Lipinski definition) is 2. The summed E-state index contributed by atoms with van der Waals surface area (Å²) in [5.74, 6) is 0. The number of hydrogen-bond acceptors (Lipinski definition) is 3. The molecule has 0 bridgehead atoms. The van der Waals surface area contributed by atoms with Gasteiger partial charge in [-0.25, -0.2) is 4.68 Å². The maximum atomic E-state index is 12.7. The first-order valence-electron chi connectivity index (χ1n) is 8.20. The van der Waals surface area contributed by atoms with Gasteiger partial charge in [0.05, 0.1) is 23.2 Å². The van der Waals surface area contributed by atoms with E-state index in [1.807, 2.05) is 63.2 Å². The van der Waals surface area contributed by atoms with Crippen molar-refractivity contribution in [3.63, 3.8) is 0 Å².